The third-order valence-electron chi connectivity index (χ3n) is 4.72. The molecule has 0 spiro atoms. The maximum atomic E-state index is 12.4. The molecule has 1 aliphatic heterocycles. The number of alkyl halides is 3. The lowest BCUT2D eigenvalue weighted by molar-refractivity contribution is -0.143. The van der Waals surface area contributed by atoms with E-state index in [9.17, 15) is 21.6 Å². The second-order valence-corrected chi connectivity index (χ2v) is 8.87. The van der Waals surface area contributed by atoms with Crippen LogP contribution in [0.4, 0.5) is 13.2 Å². The zero-order valence-corrected chi connectivity index (χ0v) is 18.5. The summed E-state index contributed by atoms with van der Waals surface area (Å²) in [6.07, 6.45) is -0.306. The molecular formula is C15H29F3IN5O2S. The van der Waals surface area contributed by atoms with Crippen molar-refractivity contribution in [2.45, 2.75) is 37.9 Å². The summed E-state index contributed by atoms with van der Waals surface area (Å²) in [4.78, 5) is 5.35. The van der Waals surface area contributed by atoms with Gasteiger partial charge in [0.2, 0.25) is 10.0 Å². The Morgan fingerprint density at radius 2 is 1.96 bits per heavy atom. The number of aliphatic imine (C=N–C) groups is 1. The molecule has 0 bridgehead atoms. The first-order valence-corrected chi connectivity index (χ1v) is 10.6. The van der Waals surface area contributed by atoms with E-state index in [1.165, 1.54) is 4.90 Å². The fourth-order valence-corrected chi connectivity index (χ4v) is 4.06. The van der Waals surface area contributed by atoms with Gasteiger partial charge in [-0.3, -0.25) is 9.89 Å². The molecule has 1 atom stereocenters. The van der Waals surface area contributed by atoms with Crippen molar-refractivity contribution in [3.05, 3.63) is 0 Å². The second kappa shape index (κ2) is 11.0. The Labute approximate surface area is 176 Å². The van der Waals surface area contributed by atoms with E-state index in [1.54, 1.807) is 7.05 Å². The molecule has 1 aliphatic carbocycles. The molecule has 27 heavy (non-hydrogen) atoms. The van der Waals surface area contributed by atoms with Crippen LogP contribution in [-0.2, 0) is 10.0 Å². The fraction of sp³-hybridized carbons (Fsp3) is 0.933. The van der Waals surface area contributed by atoms with Gasteiger partial charge in [0.05, 0.1) is 12.3 Å². The highest BCUT2D eigenvalue weighted by atomic mass is 127. The van der Waals surface area contributed by atoms with Gasteiger partial charge in [0.1, 0.15) is 0 Å². The zero-order valence-electron chi connectivity index (χ0n) is 15.4. The van der Waals surface area contributed by atoms with Crippen LogP contribution in [0, 0.1) is 5.92 Å². The summed E-state index contributed by atoms with van der Waals surface area (Å²) >= 11 is 0. The first kappa shape index (κ1) is 24.7. The van der Waals surface area contributed by atoms with E-state index in [2.05, 4.69) is 20.3 Å². The molecular weight excluding hydrogens is 498 g/mol. The zero-order chi connectivity index (χ0) is 19.2. The smallest absolute Gasteiger partial charge is 0.355 e. The Bertz CT molecular complexity index is 584. The van der Waals surface area contributed by atoms with Crippen LogP contribution < -0.4 is 15.4 Å². The number of nitrogens with zero attached hydrogens (tertiary/aromatic N) is 2. The minimum atomic E-state index is -4.20. The fourth-order valence-electron chi connectivity index (χ4n) is 3.05. The minimum absolute atomic E-state index is 0. The Kier molecular flexibility index (Phi) is 10.1. The number of guanidine groups is 1. The van der Waals surface area contributed by atoms with E-state index >= 15 is 0 Å². The van der Waals surface area contributed by atoms with Crippen LogP contribution in [0.5, 0.6) is 0 Å². The average Bonchev–Trinajstić information content (AvgIpc) is 2.89. The SMILES string of the molecule is CN=C(NCCS(=O)(=O)NCC1CCC1)NC1CCN(CC(F)(F)F)C1.I. The molecule has 0 aromatic rings. The van der Waals surface area contributed by atoms with Crippen LogP contribution in [0.15, 0.2) is 4.99 Å². The average molecular weight is 527 g/mol. The van der Waals surface area contributed by atoms with Gasteiger partial charge in [0.15, 0.2) is 5.96 Å². The number of likely N-dealkylation sites (tertiary alicyclic amines) is 1. The molecule has 0 amide bonds. The lowest BCUT2D eigenvalue weighted by atomic mass is 9.86. The molecule has 0 aromatic heterocycles. The molecule has 1 heterocycles. The highest BCUT2D eigenvalue weighted by Crippen LogP contribution is 2.25. The Balaban J connectivity index is 0.00000364. The highest BCUT2D eigenvalue weighted by Gasteiger charge is 2.34. The molecule has 1 unspecified atom stereocenters. The standard InChI is InChI=1S/C15H28F3N5O2S.HI/c1-19-14(22-13-5-7-23(10-13)11-15(16,17)18)20-6-8-26(24,25)21-9-12-3-2-4-12;/h12-13,21H,2-11H2,1H3,(H2,19,20,22);1H. The minimum Gasteiger partial charge on any atom is -0.355 e. The third kappa shape index (κ3) is 9.61. The molecule has 2 aliphatic rings. The maximum absolute atomic E-state index is 12.4. The van der Waals surface area contributed by atoms with E-state index in [0.29, 0.717) is 31.4 Å². The molecule has 160 valence electrons. The van der Waals surface area contributed by atoms with Crippen molar-refractivity contribution in [3.8, 4) is 0 Å². The van der Waals surface area contributed by atoms with Crippen LogP contribution in [0.25, 0.3) is 0 Å². The highest BCUT2D eigenvalue weighted by molar-refractivity contribution is 14.0. The lowest BCUT2D eigenvalue weighted by Gasteiger charge is -2.25. The van der Waals surface area contributed by atoms with Gasteiger partial charge in [-0.05, 0) is 25.2 Å². The monoisotopic (exact) mass is 527 g/mol. The summed E-state index contributed by atoms with van der Waals surface area (Å²) in [5.41, 5.74) is 0. The Morgan fingerprint density at radius 3 is 2.52 bits per heavy atom. The third-order valence-corrected chi connectivity index (χ3v) is 6.07. The summed E-state index contributed by atoms with van der Waals surface area (Å²) < 4.78 is 63.8. The Hall–Kier alpha value is -0.340. The van der Waals surface area contributed by atoms with Gasteiger partial charge in [-0.25, -0.2) is 13.1 Å². The van der Waals surface area contributed by atoms with E-state index in [1.807, 2.05) is 0 Å². The summed E-state index contributed by atoms with van der Waals surface area (Å²) in [6.45, 7) is 0.405. The van der Waals surface area contributed by atoms with Gasteiger partial charge in [-0.2, -0.15) is 13.2 Å². The normalized spacial score (nSPS) is 22.2. The van der Waals surface area contributed by atoms with Gasteiger partial charge in [0, 0.05) is 39.3 Å². The van der Waals surface area contributed by atoms with Gasteiger partial charge >= 0.3 is 6.18 Å². The molecule has 1 saturated heterocycles. The van der Waals surface area contributed by atoms with Crippen LogP contribution in [0.2, 0.25) is 0 Å². The first-order chi connectivity index (χ1) is 12.2. The first-order valence-electron chi connectivity index (χ1n) is 8.90. The van der Waals surface area contributed by atoms with Crippen molar-refractivity contribution in [2.75, 3.05) is 45.5 Å². The second-order valence-electron chi connectivity index (χ2n) is 6.94. The summed E-state index contributed by atoms with van der Waals surface area (Å²) in [6, 6.07) is -0.142. The van der Waals surface area contributed by atoms with E-state index < -0.39 is 22.7 Å². The predicted molar refractivity (Wildman–Crippen MR) is 110 cm³/mol. The van der Waals surface area contributed by atoms with Crippen LogP contribution in [-0.4, -0.2) is 77.0 Å². The van der Waals surface area contributed by atoms with Gasteiger partial charge in [-0.1, -0.05) is 6.42 Å². The molecule has 2 fully saturated rings. The molecule has 1 saturated carbocycles. The van der Waals surface area contributed by atoms with Crippen molar-refractivity contribution in [3.63, 3.8) is 0 Å². The largest absolute Gasteiger partial charge is 0.401 e. The molecule has 7 nitrogen and oxygen atoms in total. The number of rotatable bonds is 8. The molecule has 2 rings (SSSR count). The van der Waals surface area contributed by atoms with E-state index in [-0.39, 0.29) is 48.9 Å². The summed E-state index contributed by atoms with van der Waals surface area (Å²) in [5, 5.41) is 5.96. The van der Waals surface area contributed by atoms with Crippen molar-refractivity contribution < 1.29 is 21.6 Å². The van der Waals surface area contributed by atoms with Gasteiger partial charge < -0.3 is 10.6 Å². The number of nitrogens with one attached hydrogen (secondary N) is 3. The van der Waals surface area contributed by atoms with Crippen molar-refractivity contribution in [2.24, 2.45) is 10.9 Å². The quantitative estimate of drug-likeness (QED) is 0.251. The topological polar surface area (TPSA) is 85.8 Å². The van der Waals surface area contributed by atoms with Crippen molar-refractivity contribution >= 4 is 40.0 Å². The van der Waals surface area contributed by atoms with E-state index in [4.69, 9.17) is 0 Å². The van der Waals surface area contributed by atoms with Gasteiger partial charge in [-0.15, -0.1) is 24.0 Å². The van der Waals surface area contributed by atoms with Crippen LogP contribution in [0.1, 0.15) is 25.7 Å². The molecule has 0 radical (unpaired) electrons. The van der Waals surface area contributed by atoms with Gasteiger partial charge in [0.25, 0.3) is 0 Å². The molecule has 3 N–H and O–H groups in total. The van der Waals surface area contributed by atoms with Crippen LogP contribution in [0.3, 0.4) is 0 Å². The number of sulfonamides is 1. The summed E-state index contributed by atoms with van der Waals surface area (Å²) in [7, 11) is -1.80. The number of hydrogen-bond acceptors (Lipinski definition) is 4. The maximum Gasteiger partial charge on any atom is 0.401 e. The van der Waals surface area contributed by atoms with Crippen molar-refractivity contribution in [1.29, 1.82) is 0 Å². The summed E-state index contributed by atoms with van der Waals surface area (Å²) in [5.74, 6) is 0.776. The lowest BCUT2D eigenvalue weighted by Crippen LogP contribution is -2.47. The molecule has 0 aromatic carbocycles. The Morgan fingerprint density at radius 1 is 1.26 bits per heavy atom. The van der Waals surface area contributed by atoms with Crippen molar-refractivity contribution in [1.82, 2.24) is 20.3 Å². The number of hydrogen-bond donors (Lipinski definition) is 3. The van der Waals surface area contributed by atoms with Crippen LogP contribution >= 0.6 is 24.0 Å². The molecule has 12 heteroatoms. The van der Waals surface area contributed by atoms with E-state index in [0.717, 1.165) is 19.3 Å². The number of halogens is 4. The predicted octanol–water partition coefficient (Wildman–Crippen LogP) is 1.13.